The summed E-state index contributed by atoms with van der Waals surface area (Å²) in [6.45, 7) is 4.61. The average molecular weight is 292 g/mol. The van der Waals surface area contributed by atoms with Crippen LogP contribution in [-0.4, -0.2) is 31.1 Å². The topological polar surface area (TPSA) is 15.3 Å². The van der Waals surface area contributed by atoms with E-state index in [2.05, 4.69) is 64.8 Å². The Morgan fingerprint density at radius 1 is 0.864 bits per heavy atom. The number of nitrogens with zero attached hydrogens (tertiary/aromatic N) is 1. The molecule has 2 fully saturated rings. The van der Waals surface area contributed by atoms with Crippen molar-refractivity contribution in [2.24, 2.45) is 5.92 Å². The Hall–Kier alpha value is -1.64. The number of hydrogen-bond donors (Lipinski definition) is 1. The molecule has 0 aromatic heterocycles. The van der Waals surface area contributed by atoms with E-state index in [0.717, 1.165) is 19.0 Å². The third-order valence-corrected chi connectivity index (χ3v) is 4.95. The van der Waals surface area contributed by atoms with Crippen molar-refractivity contribution in [2.75, 3.05) is 26.2 Å². The largest absolute Gasteiger partial charge is 0.314 e. The van der Waals surface area contributed by atoms with Gasteiger partial charge >= 0.3 is 0 Å². The van der Waals surface area contributed by atoms with Crippen molar-refractivity contribution in [1.82, 2.24) is 10.2 Å². The average Bonchev–Trinajstić information content (AvgIpc) is 3.42. The monoisotopic (exact) mass is 292 g/mol. The van der Waals surface area contributed by atoms with Crippen molar-refractivity contribution in [3.05, 3.63) is 60.2 Å². The van der Waals surface area contributed by atoms with E-state index in [1.807, 2.05) is 0 Å². The molecule has 2 aromatic rings. The maximum absolute atomic E-state index is 3.48. The van der Waals surface area contributed by atoms with E-state index in [9.17, 15) is 0 Å². The third-order valence-electron chi connectivity index (χ3n) is 4.95. The first kappa shape index (κ1) is 14.0. The highest BCUT2D eigenvalue weighted by Crippen LogP contribution is 2.45. The molecule has 1 N–H and O–H groups in total. The molecule has 1 atom stereocenters. The molecule has 2 aliphatic rings. The molecule has 114 valence electrons. The van der Waals surface area contributed by atoms with E-state index in [1.165, 1.54) is 42.6 Å². The van der Waals surface area contributed by atoms with Crippen molar-refractivity contribution >= 4 is 0 Å². The van der Waals surface area contributed by atoms with Gasteiger partial charge in [-0.2, -0.15) is 0 Å². The van der Waals surface area contributed by atoms with Gasteiger partial charge in [-0.3, -0.25) is 4.90 Å². The molecular formula is C20H24N2. The number of piperazine rings is 1. The molecule has 0 radical (unpaired) electrons. The van der Waals surface area contributed by atoms with Gasteiger partial charge in [-0.25, -0.2) is 0 Å². The Balaban J connectivity index is 1.65. The second-order valence-corrected chi connectivity index (χ2v) is 6.56. The molecule has 1 saturated heterocycles. The van der Waals surface area contributed by atoms with Gasteiger partial charge in [-0.05, 0) is 41.5 Å². The minimum atomic E-state index is 0.616. The van der Waals surface area contributed by atoms with Crippen molar-refractivity contribution in [2.45, 2.75) is 18.9 Å². The fourth-order valence-electron chi connectivity index (χ4n) is 3.69. The molecule has 2 heteroatoms. The summed E-state index contributed by atoms with van der Waals surface area (Å²) in [6, 6.07) is 20.6. The molecule has 22 heavy (non-hydrogen) atoms. The van der Waals surface area contributed by atoms with Crippen LogP contribution < -0.4 is 5.32 Å². The van der Waals surface area contributed by atoms with E-state index in [0.29, 0.717) is 6.04 Å². The van der Waals surface area contributed by atoms with Crippen molar-refractivity contribution in [1.29, 1.82) is 0 Å². The van der Waals surface area contributed by atoms with Gasteiger partial charge in [0, 0.05) is 32.2 Å². The minimum absolute atomic E-state index is 0.616. The second-order valence-electron chi connectivity index (χ2n) is 6.56. The molecule has 0 spiro atoms. The Kier molecular flexibility index (Phi) is 3.96. The first-order valence-corrected chi connectivity index (χ1v) is 8.52. The molecule has 1 aliphatic heterocycles. The second kappa shape index (κ2) is 6.23. The van der Waals surface area contributed by atoms with E-state index >= 15 is 0 Å². The highest BCUT2D eigenvalue weighted by atomic mass is 15.2. The Morgan fingerprint density at radius 3 is 2.32 bits per heavy atom. The molecular weight excluding hydrogens is 268 g/mol. The van der Waals surface area contributed by atoms with Crippen LogP contribution in [0.2, 0.25) is 0 Å². The van der Waals surface area contributed by atoms with Crippen LogP contribution in [0, 0.1) is 5.92 Å². The highest BCUT2D eigenvalue weighted by Gasteiger charge is 2.36. The fourth-order valence-corrected chi connectivity index (χ4v) is 3.69. The Bertz CT molecular complexity index is 613. The summed E-state index contributed by atoms with van der Waals surface area (Å²) in [5, 5.41) is 3.48. The zero-order valence-electron chi connectivity index (χ0n) is 13.0. The van der Waals surface area contributed by atoms with Gasteiger partial charge in [-0.1, -0.05) is 48.5 Å². The lowest BCUT2D eigenvalue weighted by Gasteiger charge is -2.35. The van der Waals surface area contributed by atoms with E-state index in [-0.39, 0.29) is 0 Å². The van der Waals surface area contributed by atoms with E-state index < -0.39 is 0 Å². The van der Waals surface area contributed by atoms with Gasteiger partial charge in [0.25, 0.3) is 0 Å². The lowest BCUT2D eigenvalue weighted by atomic mass is 9.95. The van der Waals surface area contributed by atoms with Crippen molar-refractivity contribution in [3.8, 4) is 11.1 Å². The summed E-state index contributed by atoms with van der Waals surface area (Å²) in [6.07, 6.45) is 2.79. The van der Waals surface area contributed by atoms with Crippen LogP contribution >= 0.6 is 0 Å². The zero-order chi connectivity index (χ0) is 14.8. The molecule has 2 nitrogen and oxygen atoms in total. The van der Waals surface area contributed by atoms with Gasteiger partial charge in [0.1, 0.15) is 0 Å². The molecule has 1 saturated carbocycles. The lowest BCUT2D eigenvalue weighted by molar-refractivity contribution is 0.156. The summed E-state index contributed by atoms with van der Waals surface area (Å²) < 4.78 is 0. The van der Waals surface area contributed by atoms with Crippen LogP contribution in [0.15, 0.2) is 54.6 Å². The number of rotatable bonds is 4. The summed E-state index contributed by atoms with van der Waals surface area (Å²) in [4.78, 5) is 2.69. The van der Waals surface area contributed by atoms with E-state index in [4.69, 9.17) is 0 Å². The normalized spacial score (nSPS) is 20.7. The zero-order valence-corrected chi connectivity index (χ0v) is 13.0. The predicted molar refractivity (Wildman–Crippen MR) is 91.8 cm³/mol. The van der Waals surface area contributed by atoms with E-state index in [1.54, 1.807) is 0 Å². The molecule has 1 heterocycles. The van der Waals surface area contributed by atoms with Crippen LogP contribution in [-0.2, 0) is 0 Å². The SMILES string of the molecule is c1ccc(-c2cccc([C@@H](C3CC3)N3CCNCC3)c2)cc1. The van der Waals surface area contributed by atoms with Gasteiger partial charge in [0.2, 0.25) is 0 Å². The molecule has 2 aromatic carbocycles. The summed E-state index contributed by atoms with van der Waals surface area (Å²) >= 11 is 0. The smallest absolute Gasteiger partial charge is 0.0377 e. The number of benzene rings is 2. The standard InChI is InChI=1S/C20H24N2/c1-2-5-16(6-3-1)18-7-4-8-19(15-18)20(17-9-10-17)22-13-11-21-12-14-22/h1-8,15,17,20-21H,9-14H2/t20-/m1/s1. The predicted octanol–water partition coefficient (Wildman–Crippen LogP) is 3.71. The van der Waals surface area contributed by atoms with Gasteiger partial charge in [-0.15, -0.1) is 0 Å². The van der Waals surface area contributed by atoms with Gasteiger partial charge in [0.15, 0.2) is 0 Å². The fraction of sp³-hybridized carbons (Fsp3) is 0.400. The molecule has 4 rings (SSSR count). The Labute approximate surface area is 133 Å². The van der Waals surface area contributed by atoms with Crippen LogP contribution in [0.3, 0.4) is 0 Å². The summed E-state index contributed by atoms with van der Waals surface area (Å²) in [7, 11) is 0. The summed E-state index contributed by atoms with van der Waals surface area (Å²) in [5.74, 6) is 0.865. The van der Waals surface area contributed by atoms with Crippen molar-refractivity contribution in [3.63, 3.8) is 0 Å². The highest BCUT2D eigenvalue weighted by molar-refractivity contribution is 5.64. The first-order chi connectivity index (χ1) is 10.9. The first-order valence-electron chi connectivity index (χ1n) is 8.52. The van der Waals surface area contributed by atoms with Crippen molar-refractivity contribution < 1.29 is 0 Å². The lowest BCUT2D eigenvalue weighted by Crippen LogP contribution is -2.45. The van der Waals surface area contributed by atoms with Crippen LogP contribution in [0.25, 0.3) is 11.1 Å². The van der Waals surface area contributed by atoms with Crippen LogP contribution in [0.1, 0.15) is 24.4 Å². The number of hydrogen-bond acceptors (Lipinski definition) is 2. The third kappa shape index (κ3) is 2.94. The Morgan fingerprint density at radius 2 is 1.59 bits per heavy atom. The number of nitrogens with one attached hydrogen (secondary N) is 1. The molecule has 0 amide bonds. The van der Waals surface area contributed by atoms with Gasteiger partial charge in [0.05, 0.1) is 0 Å². The summed E-state index contributed by atoms with van der Waals surface area (Å²) in [5.41, 5.74) is 4.17. The molecule has 0 unspecified atom stereocenters. The molecule has 0 bridgehead atoms. The molecule has 1 aliphatic carbocycles. The maximum Gasteiger partial charge on any atom is 0.0377 e. The van der Waals surface area contributed by atoms with Crippen LogP contribution in [0.5, 0.6) is 0 Å². The quantitative estimate of drug-likeness (QED) is 0.924. The minimum Gasteiger partial charge on any atom is -0.314 e. The van der Waals surface area contributed by atoms with Crippen LogP contribution in [0.4, 0.5) is 0 Å². The maximum atomic E-state index is 3.48. The van der Waals surface area contributed by atoms with Gasteiger partial charge < -0.3 is 5.32 Å².